The molecule has 2 N–H and O–H groups in total. The van der Waals surface area contributed by atoms with Crippen molar-refractivity contribution in [2.75, 3.05) is 26.2 Å². The van der Waals surface area contributed by atoms with E-state index in [0.717, 1.165) is 51.8 Å². The fourth-order valence-electron chi connectivity index (χ4n) is 3.61. The van der Waals surface area contributed by atoms with Gasteiger partial charge < -0.3 is 15.4 Å². The number of hydrogen-bond donors (Lipinski definition) is 1. The first-order chi connectivity index (χ1) is 9.76. The first kappa shape index (κ1) is 15.8. The molecule has 2 fully saturated rings. The van der Waals surface area contributed by atoms with Gasteiger partial charge in [0.05, 0.1) is 6.10 Å². The van der Waals surface area contributed by atoms with Crippen molar-refractivity contribution in [2.24, 2.45) is 17.6 Å². The number of likely N-dealkylation sites (tertiary alicyclic amines) is 1. The van der Waals surface area contributed by atoms with Crippen LogP contribution in [-0.4, -0.2) is 43.2 Å². The predicted octanol–water partition coefficient (Wildman–Crippen LogP) is 2.17. The summed E-state index contributed by atoms with van der Waals surface area (Å²) >= 11 is 0. The van der Waals surface area contributed by atoms with Crippen LogP contribution in [0.5, 0.6) is 0 Å². The van der Waals surface area contributed by atoms with Gasteiger partial charge in [-0.3, -0.25) is 4.79 Å². The van der Waals surface area contributed by atoms with Crippen LogP contribution in [0.25, 0.3) is 0 Å². The van der Waals surface area contributed by atoms with Gasteiger partial charge in [-0.05, 0) is 44.6 Å². The summed E-state index contributed by atoms with van der Waals surface area (Å²) in [7, 11) is 0. The second-order valence-electron chi connectivity index (χ2n) is 6.31. The molecule has 1 aliphatic carbocycles. The van der Waals surface area contributed by atoms with Gasteiger partial charge >= 0.3 is 0 Å². The van der Waals surface area contributed by atoms with E-state index < -0.39 is 0 Å². The third kappa shape index (κ3) is 3.95. The first-order valence-corrected chi connectivity index (χ1v) is 8.36. The molecule has 2 aliphatic rings. The second-order valence-corrected chi connectivity index (χ2v) is 6.31. The summed E-state index contributed by atoms with van der Waals surface area (Å²) in [6.45, 7) is 5.27. The van der Waals surface area contributed by atoms with Gasteiger partial charge in [0.25, 0.3) is 0 Å². The minimum atomic E-state index is 0.165. The van der Waals surface area contributed by atoms with E-state index in [1.807, 2.05) is 4.90 Å². The zero-order chi connectivity index (χ0) is 14.4. The maximum Gasteiger partial charge on any atom is 0.226 e. The van der Waals surface area contributed by atoms with Crippen molar-refractivity contribution < 1.29 is 9.53 Å². The van der Waals surface area contributed by atoms with Crippen LogP contribution in [0.1, 0.15) is 51.9 Å². The lowest BCUT2D eigenvalue weighted by Gasteiger charge is -2.38. The molecule has 1 amide bonds. The Bertz CT molecular complexity index is 309. The van der Waals surface area contributed by atoms with Crippen LogP contribution in [-0.2, 0) is 9.53 Å². The number of carbonyl (C=O) groups is 1. The molecular weight excluding hydrogens is 252 g/mol. The largest absolute Gasteiger partial charge is 0.376 e. The van der Waals surface area contributed by atoms with Crippen LogP contribution >= 0.6 is 0 Å². The average molecular weight is 282 g/mol. The summed E-state index contributed by atoms with van der Waals surface area (Å²) < 4.78 is 5.83. The van der Waals surface area contributed by atoms with E-state index in [1.165, 1.54) is 12.8 Å². The number of rotatable bonds is 5. The number of amides is 1. The number of nitrogens with two attached hydrogens (primary N) is 1. The summed E-state index contributed by atoms with van der Waals surface area (Å²) in [5.74, 6) is 0.900. The van der Waals surface area contributed by atoms with E-state index in [0.29, 0.717) is 18.4 Å². The Labute approximate surface area is 123 Å². The molecule has 0 aromatic heterocycles. The molecule has 3 unspecified atom stereocenters. The number of hydrogen-bond acceptors (Lipinski definition) is 3. The van der Waals surface area contributed by atoms with Crippen LogP contribution < -0.4 is 5.73 Å². The monoisotopic (exact) mass is 282 g/mol. The van der Waals surface area contributed by atoms with Crippen LogP contribution in [0.2, 0.25) is 0 Å². The summed E-state index contributed by atoms with van der Waals surface area (Å²) in [6, 6.07) is 0. The molecule has 4 nitrogen and oxygen atoms in total. The van der Waals surface area contributed by atoms with E-state index in [1.54, 1.807) is 0 Å². The molecule has 1 saturated heterocycles. The molecule has 2 rings (SSSR count). The normalized spacial score (nSPS) is 31.3. The highest BCUT2D eigenvalue weighted by Crippen LogP contribution is 2.31. The maximum atomic E-state index is 12.8. The van der Waals surface area contributed by atoms with Gasteiger partial charge in [0, 0.05) is 25.6 Å². The zero-order valence-electron chi connectivity index (χ0n) is 12.9. The molecule has 116 valence electrons. The molecule has 0 aromatic rings. The fraction of sp³-hybridized carbons (Fsp3) is 0.938. The number of ether oxygens (including phenoxy) is 1. The van der Waals surface area contributed by atoms with Gasteiger partial charge in [-0.25, -0.2) is 0 Å². The van der Waals surface area contributed by atoms with E-state index in [2.05, 4.69) is 6.92 Å². The Morgan fingerprint density at radius 2 is 2.05 bits per heavy atom. The van der Waals surface area contributed by atoms with Crippen LogP contribution in [0, 0.1) is 11.8 Å². The first-order valence-electron chi connectivity index (χ1n) is 8.36. The Hall–Kier alpha value is -0.610. The highest BCUT2D eigenvalue weighted by atomic mass is 16.5. The third-order valence-corrected chi connectivity index (χ3v) is 4.78. The lowest BCUT2D eigenvalue weighted by atomic mass is 9.78. The van der Waals surface area contributed by atoms with E-state index >= 15 is 0 Å². The molecule has 20 heavy (non-hydrogen) atoms. The van der Waals surface area contributed by atoms with Crippen molar-refractivity contribution in [1.29, 1.82) is 0 Å². The smallest absolute Gasteiger partial charge is 0.226 e. The molecule has 3 atom stereocenters. The van der Waals surface area contributed by atoms with Crippen LogP contribution in [0.15, 0.2) is 0 Å². The van der Waals surface area contributed by atoms with Crippen molar-refractivity contribution in [1.82, 2.24) is 4.90 Å². The van der Waals surface area contributed by atoms with E-state index in [4.69, 9.17) is 10.5 Å². The van der Waals surface area contributed by atoms with Crippen molar-refractivity contribution in [3.05, 3.63) is 0 Å². The molecular formula is C16H30N2O2. The fourth-order valence-corrected chi connectivity index (χ4v) is 3.61. The predicted molar refractivity (Wildman–Crippen MR) is 80.3 cm³/mol. The van der Waals surface area contributed by atoms with Crippen molar-refractivity contribution in [3.63, 3.8) is 0 Å². The molecule has 1 heterocycles. The minimum Gasteiger partial charge on any atom is -0.376 e. The molecule has 4 heteroatoms. The Morgan fingerprint density at radius 1 is 1.25 bits per heavy atom. The van der Waals surface area contributed by atoms with Gasteiger partial charge in [-0.2, -0.15) is 0 Å². The van der Waals surface area contributed by atoms with Gasteiger partial charge in [-0.1, -0.05) is 19.8 Å². The molecule has 1 saturated carbocycles. The van der Waals surface area contributed by atoms with E-state index in [-0.39, 0.29) is 12.0 Å². The Kier molecular flexibility index (Phi) is 6.30. The summed E-state index contributed by atoms with van der Waals surface area (Å²) in [5.41, 5.74) is 5.86. The number of nitrogens with zero attached hydrogens (tertiary/aromatic N) is 1. The standard InChI is InChI=1S/C16H30N2O2/c1-2-10-20-14-7-5-9-18(12-14)16(19)15-8-4-3-6-13(15)11-17/h13-15H,2-12,17H2,1H3. The minimum absolute atomic E-state index is 0.165. The Balaban J connectivity index is 1.90. The Morgan fingerprint density at radius 3 is 2.80 bits per heavy atom. The summed E-state index contributed by atoms with van der Waals surface area (Å²) in [6.07, 6.45) is 8.00. The van der Waals surface area contributed by atoms with Crippen molar-refractivity contribution in [3.8, 4) is 0 Å². The number of piperidine rings is 1. The van der Waals surface area contributed by atoms with Gasteiger partial charge in [0.2, 0.25) is 5.91 Å². The van der Waals surface area contributed by atoms with Gasteiger partial charge in [0.15, 0.2) is 0 Å². The second kappa shape index (κ2) is 7.99. The molecule has 0 aromatic carbocycles. The van der Waals surface area contributed by atoms with Crippen LogP contribution in [0.4, 0.5) is 0 Å². The molecule has 0 spiro atoms. The van der Waals surface area contributed by atoms with Crippen molar-refractivity contribution in [2.45, 2.75) is 58.0 Å². The molecule has 1 aliphatic heterocycles. The van der Waals surface area contributed by atoms with Gasteiger partial charge in [-0.15, -0.1) is 0 Å². The summed E-state index contributed by atoms with van der Waals surface area (Å²) in [5, 5.41) is 0. The SMILES string of the molecule is CCCOC1CCCN(C(=O)C2CCCCC2CN)C1. The van der Waals surface area contributed by atoms with Crippen molar-refractivity contribution >= 4 is 5.91 Å². The van der Waals surface area contributed by atoms with E-state index in [9.17, 15) is 4.79 Å². The molecule has 0 radical (unpaired) electrons. The zero-order valence-corrected chi connectivity index (χ0v) is 12.9. The van der Waals surface area contributed by atoms with Crippen LogP contribution in [0.3, 0.4) is 0 Å². The summed E-state index contributed by atoms with van der Waals surface area (Å²) in [4.78, 5) is 14.8. The lowest BCUT2D eigenvalue weighted by Crippen LogP contribution is -2.48. The van der Waals surface area contributed by atoms with Gasteiger partial charge in [0.1, 0.15) is 0 Å². The topological polar surface area (TPSA) is 55.6 Å². The number of carbonyl (C=O) groups excluding carboxylic acids is 1. The average Bonchev–Trinajstić information content (AvgIpc) is 2.52. The maximum absolute atomic E-state index is 12.8. The lowest BCUT2D eigenvalue weighted by molar-refractivity contribution is -0.142. The highest BCUT2D eigenvalue weighted by molar-refractivity contribution is 5.79. The quantitative estimate of drug-likeness (QED) is 0.841. The molecule has 0 bridgehead atoms. The highest BCUT2D eigenvalue weighted by Gasteiger charge is 2.34. The third-order valence-electron chi connectivity index (χ3n) is 4.78.